The molecule has 1 rings (SSSR count). The molecular formula is C13H16BrN2O4+. The number of hydrogen-bond acceptors (Lipinski definition) is 5. The number of benzene rings is 1. The second kappa shape index (κ2) is 7.04. The Morgan fingerprint density at radius 2 is 2.00 bits per heavy atom. The number of carbonyl (C=O) groups is 1. The first-order chi connectivity index (χ1) is 9.40. The highest BCUT2D eigenvalue weighted by Crippen LogP contribution is 2.29. The number of rotatable bonds is 5. The lowest BCUT2D eigenvalue weighted by Crippen LogP contribution is -2.07. The summed E-state index contributed by atoms with van der Waals surface area (Å²) in [5, 5.41) is 0. The van der Waals surface area contributed by atoms with E-state index in [-0.39, 0.29) is 11.3 Å². The van der Waals surface area contributed by atoms with Crippen molar-refractivity contribution in [3.8, 4) is 0 Å². The summed E-state index contributed by atoms with van der Waals surface area (Å²) in [6.45, 7) is 0. The minimum absolute atomic E-state index is 0.217. The molecule has 0 aromatic heterocycles. The van der Waals surface area contributed by atoms with E-state index in [1.807, 2.05) is 19.0 Å². The van der Waals surface area contributed by atoms with Crippen molar-refractivity contribution in [3.63, 3.8) is 0 Å². The Balaban J connectivity index is 3.40. The van der Waals surface area contributed by atoms with Gasteiger partial charge in [-0.2, -0.15) is 0 Å². The molecular weight excluding hydrogens is 328 g/mol. The first kappa shape index (κ1) is 16.2. The third kappa shape index (κ3) is 3.80. The number of nitrogens with zero attached hydrogens (tertiary/aromatic N) is 2. The Morgan fingerprint density at radius 1 is 1.35 bits per heavy atom. The largest absolute Gasteiger partial charge is 0.465 e. The summed E-state index contributed by atoms with van der Waals surface area (Å²) in [7, 11) is 6.25. The van der Waals surface area contributed by atoms with Crippen LogP contribution in [0.3, 0.4) is 0 Å². The third-order valence-corrected chi connectivity index (χ3v) is 3.09. The van der Waals surface area contributed by atoms with Crippen LogP contribution in [0, 0.1) is 4.91 Å². The van der Waals surface area contributed by atoms with Gasteiger partial charge in [-0.25, -0.2) is 9.63 Å². The maximum Gasteiger partial charge on any atom is 0.339 e. The van der Waals surface area contributed by atoms with E-state index in [1.165, 1.54) is 20.3 Å². The summed E-state index contributed by atoms with van der Waals surface area (Å²) in [6.07, 6.45) is 3.53. The third-order valence-electron chi connectivity index (χ3n) is 2.44. The van der Waals surface area contributed by atoms with Crippen LogP contribution in [-0.4, -0.2) is 44.1 Å². The van der Waals surface area contributed by atoms with Gasteiger partial charge in [0.2, 0.25) is 0 Å². The molecule has 0 spiro atoms. The molecule has 6 nitrogen and oxygen atoms in total. The van der Waals surface area contributed by atoms with E-state index in [1.54, 1.807) is 18.3 Å². The summed E-state index contributed by atoms with van der Waals surface area (Å²) in [5.74, 6) is -0.536. The normalized spacial score (nSPS) is 10.4. The molecule has 0 bridgehead atoms. The van der Waals surface area contributed by atoms with Crippen molar-refractivity contribution in [1.29, 1.82) is 0 Å². The van der Waals surface area contributed by atoms with E-state index in [9.17, 15) is 9.70 Å². The second-order valence-electron chi connectivity index (χ2n) is 4.10. The van der Waals surface area contributed by atoms with E-state index in [0.717, 1.165) is 0 Å². The fraction of sp³-hybridized carbons (Fsp3) is 0.308. The van der Waals surface area contributed by atoms with Gasteiger partial charge in [0, 0.05) is 24.6 Å². The van der Waals surface area contributed by atoms with Crippen LogP contribution in [0.25, 0.3) is 6.08 Å². The zero-order chi connectivity index (χ0) is 15.3. The standard InChI is InChI=1S/C13H16BrN2O4/c1-15(2)6-5-9-7-11(14)10(13(17)19-3)8-12(9)16(18)20-4/h5-8H,1-4H3/q+1/b6-5+. The van der Waals surface area contributed by atoms with Crippen molar-refractivity contribution in [2.75, 3.05) is 28.3 Å². The molecule has 0 atom stereocenters. The predicted molar refractivity (Wildman–Crippen MR) is 78.5 cm³/mol. The zero-order valence-electron chi connectivity index (χ0n) is 11.7. The molecule has 0 unspecified atom stereocenters. The molecule has 108 valence electrons. The molecule has 0 heterocycles. The van der Waals surface area contributed by atoms with Gasteiger partial charge in [-0.15, -0.1) is 0 Å². The minimum atomic E-state index is -0.536. The van der Waals surface area contributed by atoms with Gasteiger partial charge in [0.25, 0.3) is 4.92 Å². The molecule has 20 heavy (non-hydrogen) atoms. The lowest BCUT2D eigenvalue weighted by atomic mass is 10.1. The van der Waals surface area contributed by atoms with Gasteiger partial charge >= 0.3 is 11.7 Å². The van der Waals surface area contributed by atoms with Crippen LogP contribution in [-0.2, 0) is 9.57 Å². The van der Waals surface area contributed by atoms with E-state index in [0.29, 0.717) is 15.0 Å². The van der Waals surface area contributed by atoms with Crippen molar-refractivity contribution in [2.45, 2.75) is 0 Å². The average Bonchev–Trinajstić information content (AvgIpc) is 2.43. The van der Waals surface area contributed by atoms with Crippen LogP contribution in [0.4, 0.5) is 5.69 Å². The molecule has 1 aromatic rings. The van der Waals surface area contributed by atoms with Gasteiger partial charge in [0.15, 0.2) is 7.11 Å². The van der Waals surface area contributed by atoms with Crippen LogP contribution in [0.15, 0.2) is 22.8 Å². The van der Waals surface area contributed by atoms with Gasteiger partial charge < -0.3 is 9.64 Å². The molecule has 1 aromatic carbocycles. The van der Waals surface area contributed by atoms with Crippen molar-refractivity contribution >= 4 is 33.7 Å². The molecule has 0 saturated carbocycles. The molecule has 0 radical (unpaired) electrons. The fourth-order valence-electron chi connectivity index (χ4n) is 1.46. The average molecular weight is 344 g/mol. The number of ether oxygens (including phenoxy) is 1. The summed E-state index contributed by atoms with van der Waals surface area (Å²) < 4.78 is 5.20. The number of esters is 1. The number of carbonyl (C=O) groups excluding carboxylic acids is 1. The molecule has 0 aliphatic carbocycles. The van der Waals surface area contributed by atoms with Crippen molar-refractivity contribution in [3.05, 3.63) is 38.8 Å². The monoisotopic (exact) mass is 343 g/mol. The minimum Gasteiger partial charge on any atom is -0.465 e. The van der Waals surface area contributed by atoms with Crippen LogP contribution >= 0.6 is 15.9 Å². The van der Waals surface area contributed by atoms with E-state index < -0.39 is 5.97 Å². The van der Waals surface area contributed by atoms with Crippen molar-refractivity contribution in [2.24, 2.45) is 0 Å². The first-order valence-corrected chi connectivity index (χ1v) is 6.47. The van der Waals surface area contributed by atoms with Crippen molar-refractivity contribution < 1.29 is 19.3 Å². The zero-order valence-corrected chi connectivity index (χ0v) is 13.3. The Morgan fingerprint density at radius 3 is 2.50 bits per heavy atom. The van der Waals surface area contributed by atoms with E-state index in [4.69, 9.17) is 0 Å². The van der Waals surface area contributed by atoms with Gasteiger partial charge in [-0.05, 0) is 34.3 Å². The highest BCUT2D eigenvalue weighted by atomic mass is 79.9. The Labute approximate surface area is 125 Å². The summed E-state index contributed by atoms with van der Waals surface area (Å²) >= 11 is 3.29. The molecule has 0 aliphatic rings. The predicted octanol–water partition coefficient (Wildman–Crippen LogP) is 2.74. The number of hydrogen-bond donors (Lipinski definition) is 0. The quantitative estimate of drug-likeness (QED) is 0.607. The van der Waals surface area contributed by atoms with Gasteiger partial charge in [0.1, 0.15) is 0 Å². The van der Waals surface area contributed by atoms with Crippen LogP contribution in [0.2, 0.25) is 0 Å². The number of methoxy groups -OCH3 is 1. The summed E-state index contributed by atoms with van der Waals surface area (Å²) in [4.78, 5) is 30.2. The molecule has 0 amide bonds. The highest BCUT2D eigenvalue weighted by molar-refractivity contribution is 9.10. The fourth-order valence-corrected chi connectivity index (χ4v) is 1.99. The van der Waals surface area contributed by atoms with Gasteiger partial charge in [0.05, 0.1) is 23.1 Å². The van der Waals surface area contributed by atoms with E-state index in [2.05, 4.69) is 25.5 Å². The maximum absolute atomic E-state index is 11.7. The second-order valence-corrected chi connectivity index (χ2v) is 4.96. The van der Waals surface area contributed by atoms with Crippen LogP contribution < -0.4 is 0 Å². The smallest absolute Gasteiger partial charge is 0.339 e. The Bertz CT molecular complexity index is 556. The Kier molecular flexibility index (Phi) is 5.69. The van der Waals surface area contributed by atoms with E-state index >= 15 is 0 Å². The first-order valence-electron chi connectivity index (χ1n) is 5.68. The van der Waals surface area contributed by atoms with Crippen molar-refractivity contribution in [1.82, 2.24) is 4.90 Å². The summed E-state index contributed by atoms with van der Waals surface area (Å²) in [5.41, 5.74) is 1.08. The van der Waals surface area contributed by atoms with Gasteiger partial charge in [-0.3, -0.25) is 0 Å². The Hall–Kier alpha value is -1.89. The van der Waals surface area contributed by atoms with Crippen LogP contribution in [0.5, 0.6) is 0 Å². The lowest BCUT2D eigenvalue weighted by molar-refractivity contribution is -0.736. The van der Waals surface area contributed by atoms with Crippen LogP contribution in [0.1, 0.15) is 15.9 Å². The molecule has 0 aliphatic heterocycles. The molecule has 0 N–H and O–H groups in total. The SMILES string of the molecule is COC(=O)c1cc([N+](=O)OC)c(/C=C/N(C)C)cc1Br. The summed E-state index contributed by atoms with van der Waals surface area (Å²) in [6, 6.07) is 3.08. The van der Waals surface area contributed by atoms with Gasteiger partial charge in [-0.1, -0.05) is 0 Å². The molecule has 0 saturated heterocycles. The topological polar surface area (TPSA) is 58.9 Å². The lowest BCUT2D eigenvalue weighted by Gasteiger charge is -2.06. The molecule has 7 heteroatoms. The molecule has 0 fully saturated rings. The maximum atomic E-state index is 11.7. The highest BCUT2D eigenvalue weighted by Gasteiger charge is 2.24. The number of halogens is 1.